The summed E-state index contributed by atoms with van der Waals surface area (Å²) >= 11 is 0. The van der Waals surface area contributed by atoms with Gasteiger partial charge in [-0.05, 0) is 31.0 Å². The third kappa shape index (κ3) is 4.16. The first-order valence-electron chi connectivity index (χ1n) is 5.70. The minimum Gasteiger partial charge on any atom is -0.350 e. The SMILES string of the molecule is CC(=O)NC(C)C(=O)NCc1ccc(C)c(F)c1. The lowest BCUT2D eigenvalue weighted by Crippen LogP contribution is -2.43. The van der Waals surface area contributed by atoms with E-state index in [1.807, 2.05) is 0 Å². The second-order valence-corrected chi connectivity index (χ2v) is 4.22. The van der Waals surface area contributed by atoms with Crippen molar-refractivity contribution in [2.75, 3.05) is 0 Å². The number of carbonyl (C=O) groups is 2. The first kappa shape index (κ1) is 14.2. The van der Waals surface area contributed by atoms with Crippen molar-refractivity contribution in [2.45, 2.75) is 33.4 Å². The monoisotopic (exact) mass is 252 g/mol. The van der Waals surface area contributed by atoms with Crippen molar-refractivity contribution in [3.05, 3.63) is 35.1 Å². The van der Waals surface area contributed by atoms with Gasteiger partial charge in [0.15, 0.2) is 0 Å². The predicted molar refractivity (Wildman–Crippen MR) is 66.3 cm³/mol. The summed E-state index contributed by atoms with van der Waals surface area (Å²) in [6, 6.07) is 4.20. The van der Waals surface area contributed by atoms with E-state index in [2.05, 4.69) is 10.6 Å². The maximum Gasteiger partial charge on any atom is 0.242 e. The number of aryl methyl sites for hydroxylation is 1. The van der Waals surface area contributed by atoms with Gasteiger partial charge in [0.2, 0.25) is 11.8 Å². The lowest BCUT2D eigenvalue weighted by atomic mass is 10.1. The molecule has 0 heterocycles. The summed E-state index contributed by atoms with van der Waals surface area (Å²) in [6.07, 6.45) is 0. The summed E-state index contributed by atoms with van der Waals surface area (Å²) in [7, 11) is 0. The van der Waals surface area contributed by atoms with Gasteiger partial charge in [0.05, 0.1) is 0 Å². The van der Waals surface area contributed by atoms with Gasteiger partial charge >= 0.3 is 0 Å². The molecule has 98 valence electrons. The number of amides is 2. The Morgan fingerprint density at radius 1 is 1.39 bits per heavy atom. The van der Waals surface area contributed by atoms with Gasteiger partial charge in [0.25, 0.3) is 0 Å². The lowest BCUT2D eigenvalue weighted by molar-refractivity contribution is -0.127. The minimum atomic E-state index is -0.599. The Morgan fingerprint density at radius 3 is 2.61 bits per heavy atom. The third-order valence-electron chi connectivity index (χ3n) is 2.52. The zero-order chi connectivity index (χ0) is 13.7. The molecule has 1 atom stereocenters. The van der Waals surface area contributed by atoms with Crippen LogP contribution in [-0.2, 0) is 16.1 Å². The smallest absolute Gasteiger partial charge is 0.242 e. The van der Waals surface area contributed by atoms with Crippen LogP contribution >= 0.6 is 0 Å². The Bertz CT molecular complexity index is 460. The molecular formula is C13H17FN2O2. The molecule has 2 amide bonds. The molecule has 0 saturated heterocycles. The van der Waals surface area contributed by atoms with Gasteiger partial charge in [0.1, 0.15) is 11.9 Å². The van der Waals surface area contributed by atoms with Crippen molar-refractivity contribution >= 4 is 11.8 Å². The average molecular weight is 252 g/mol. The van der Waals surface area contributed by atoms with Crippen LogP contribution in [0.3, 0.4) is 0 Å². The second kappa shape index (κ2) is 6.14. The zero-order valence-corrected chi connectivity index (χ0v) is 10.7. The van der Waals surface area contributed by atoms with Gasteiger partial charge in [-0.2, -0.15) is 0 Å². The number of hydrogen-bond acceptors (Lipinski definition) is 2. The van der Waals surface area contributed by atoms with Crippen LogP contribution in [0.5, 0.6) is 0 Å². The molecular weight excluding hydrogens is 235 g/mol. The van der Waals surface area contributed by atoms with Crippen molar-refractivity contribution < 1.29 is 14.0 Å². The molecule has 0 aromatic heterocycles. The standard InChI is InChI=1S/C13H17FN2O2/c1-8-4-5-11(6-12(8)14)7-15-13(18)9(2)16-10(3)17/h4-6,9H,7H2,1-3H3,(H,15,18)(H,16,17). The van der Waals surface area contributed by atoms with Crippen molar-refractivity contribution in [2.24, 2.45) is 0 Å². The van der Waals surface area contributed by atoms with Gasteiger partial charge in [-0.15, -0.1) is 0 Å². The summed E-state index contributed by atoms with van der Waals surface area (Å²) in [6.45, 7) is 4.85. The molecule has 4 nitrogen and oxygen atoms in total. The van der Waals surface area contributed by atoms with Crippen molar-refractivity contribution in [1.29, 1.82) is 0 Å². The quantitative estimate of drug-likeness (QED) is 0.848. The lowest BCUT2D eigenvalue weighted by Gasteiger charge is -2.13. The van der Waals surface area contributed by atoms with E-state index >= 15 is 0 Å². The highest BCUT2D eigenvalue weighted by Crippen LogP contribution is 2.08. The largest absolute Gasteiger partial charge is 0.350 e. The third-order valence-corrected chi connectivity index (χ3v) is 2.52. The van der Waals surface area contributed by atoms with E-state index in [-0.39, 0.29) is 24.2 Å². The van der Waals surface area contributed by atoms with Gasteiger partial charge in [0, 0.05) is 13.5 Å². The van der Waals surface area contributed by atoms with Crippen LogP contribution in [0.25, 0.3) is 0 Å². The highest BCUT2D eigenvalue weighted by Gasteiger charge is 2.12. The Balaban J connectivity index is 2.52. The van der Waals surface area contributed by atoms with E-state index in [0.717, 1.165) is 0 Å². The van der Waals surface area contributed by atoms with Crippen molar-refractivity contribution in [3.63, 3.8) is 0 Å². The molecule has 0 aliphatic heterocycles. The molecule has 0 fully saturated rings. The van der Waals surface area contributed by atoms with Crippen LogP contribution in [0.15, 0.2) is 18.2 Å². The molecule has 2 N–H and O–H groups in total. The van der Waals surface area contributed by atoms with E-state index in [4.69, 9.17) is 0 Å². The topological polar surface area (TPSA) is 58.2 Å². The first-order chi connectivity index (χ1) is 8.40. The minimum absolute atomic E-state index is 0.236. The maximum absolute atomic E-state index is 13.3. The summed E-state index contributed by atoms with van der Waals surface area (Å²) < 4.78 is 13.3. The van der Waals surface area contributed by atoms with Crippen LogP contribution in [0.4, 0.5) is 4.39 Å². The van der Waals surface area contributed by atoms with E-state index in [9.17, 15) is 14.0 Å². The molecule has 0 aliphatic rings. The van der Waals surface area contributed by atoms with Gasteiger partial charge < -0.3 is 10.6 Å². The summed E-state index contributed by atoms with van der Waals surface area (Å²) in [5.41, 5.74) is 1.25. The first-order valence-corrected chi connectivity index (χ1v) is 5.70. The molecule has 0 aliphatic carbocycles. The molecule has 0 radical (unpaired) electrons. The van der Waals surface area contributed by atoms with Gasteiger partial charge in [-0.25, -0.2) is 4.39 Å². The molecule has 1 unspecified atom stereocenters. The Labute approximate surface area is 106 Å². The second-order valence-electron chi connectivity index (χ2n) is 4.22. The Hall–Kier alpha value is -1.91. The molecule has 1 aromatic rings. The van der Waals surface area contributed by atoms with Crippen molar-refractivity contribution in [1.82, 2.24) is 10.6 Å². The van der Waals surface area contributed by atoms with E-state index in [0.29, 0.717) is 11.1 Å². The van der Waals surface area contributed by atoms with Gasteiger partial charge in [-0.3, -0.25) is 9.59 Å². The molecule has 5 heteroatoms. The molecule has 18 heavy (non-hydrogen) atoms. The Kier molecular flexibility index (Phi) is 4.83. The molecule has 1 aromatic carbocycles. The fourth-order valence-corrected chi connectivity index (χ4v) is 1.46. The number of rotatable bonds is 4. The zero-order valence-electron chi connectivity index (χ0n) is 10.7. The highest BCUT2D eigenvalue weighted by atomic mass is 19.1. The number of halogens is 1. The number of hydrogen-bond donors (Lipinski definition) is 2. The van der Waals surface area contributed by atoms with E-state index < -0.39 is 6.04 Å². The molecule has 0 spiro atoms. The number of nitrogens with one attached hydrogen (secondary N) is 2. The summed E-state index contributed by atoms with van der Waals surface area (Å²) in [5.74, 6) is -0.859. The van der Waals surface area contributed by atoms with Gasteiger partial charge in [-0.1, -0.05) is 12.1 Å². The van der Waals surface area contributed by atoms with Crippen LogP contribution in [0, 0.1) is 12.7 Å². The van der Waals surface area contributed by atoms with E-state index in [1.165, 1.54) is 13.0 Å². The maximum atomic E-state index is 13.3. The average Bonchev–Trinajstić information content (AvgIpc) is 2.29. The molecule has 0 bridgehead atoms. The van der Waals surface area contributed by atoms with Crippen LogP contribution in [0.2, 0.25) is 0 Å². The number of benzene rings is 1. The number of carbonyl (C=O) groups excluding carboxylic acids is 2. The fourth-order valence-electron chi connectivity index (χ4n) is 1.46. The van der Waals surface area contributed by atoms with Crippen LogP contribution in [0.1, 0.15) is 25.0 Å². The highest BCUT2D eigenvalue weighted by molar-refractivity contribution is 5.86. The molecule has 0 saturated carbocycles. The molecule has 1 rings (SSSR count). The van der Waals surface area contributed by atoms with Crippen LogP contribution < -0.4 is 10.6 Å². The Morgan fingerprint density at radius 2 is 2.06 bits per heavy atom. The van der Waals surface area contributed by atoms with Crippen molar-refractivity contribution in [3.8, 4) is 0 Å². The van der Waals surface area contributed by atoms with Crippen LogP contribution in [-0.4, -0.2) is 17.9 Å². The summed E-state index contributed by atoms with van der Waals surface area (Å²) in [4.78, 5) is 22.4. The van der Waals surface area contributed by atoms with E-state index in [1.54, 1.807) is 26.0 Å². The predicted octanol–water partition coefficient (Wildman–Crippen LogP) is 1.27. The normalized spacial score (nSPS) is 11.8. The summed E-state index contributed by atoms with van der Waals surface area (Å²) in [5, 5.41) is 5.10. The fraction of sp³-hybridized carbons (Fsp3) is 0.385.